The van der Waals surface area contributed by atoms with Gasteiger partial charge in [0.05, 0.1) is 4.90 Å². The molecule has 0 N–H and O–H groups in total. The zero-order valence-electron chi connectivity index (χ0n) is 14.7. The fourth-order valence-electron chi connectivity index (χ4n) is 2.66. The summed E-state index contributed by atoms with van der Waals surface area (Å²) >= 11 is 0. The van der Waals surface area contributed by atoms with Gasteiger partial charge in [-0.1, -0.05) is 19.4 Å². The molecular formula is C17H27N3O3S. The van der Waals surface area contributed by atoms with Crippen molar-refractivity contribution >= 4 is 15.9 Å². The van der Waals surface area contributed by atoms with Gasteiger partial charge in [0.2, 0.25) is 10.0 Å². The number of amides is 1. The Balaban J connectivity index is 2.17. The molecule has 1 aromatic carbocycles. The van der Waals surface area contributed by atoms with E-state index >= 15 is 0 Å². The van der Waals surface area contributed by atoms with Gasteiger partial charge in [-0.2, -0.15) is 0 Å². The Morgan fingerprint density at radius 3 is 2.50 bits per heavy atom. The number of hydrogen-bond donors (Lipinski definition) is 0. The molecule has 1 aromatic rings. The predicted octanol–water partition coefficient (Wildman–Crippen LogP) is 1.49. The molecule has 6 nitrogen and oxygen atoms in total. The lowest BCUT2D eigenvalue weighted by atomic mass is 10.2. The summed E-state index contributed by atoms with van der Waals surface area (Å²) in [6.45, 7) is 5.52. The lowest BCUT2D eigenvalue weighted by Gasteiger charge is -2.32. The number of piperazine rings is 1. The van der Waals surface area contributed by atoms with E-state index in [0.29, 0.717) is 25.2 Å². The van der Waals surface area contributed by atoms with E-state index < -0.39 is 10.0 Å². The van der Waals surface area contributed by atoms with Crippen molar-refractivity contribution in [2.45, 2.75) is 24.7 Å². The maximum absolute atomic E-state index is 12.6. The van der Waals surface area contributed by atoms with Crippen LogP contribution in [-0.2, 0) is 10.0 Å². The van der Waals surface area contributed by atoms with Crippen molar-refractivity contribution < 1.29 is 13.2 Å². The van der Waals surface area contributed by atoms with Crippen LogP contribution < -0.4 is 0 Å². The smallest absolute Gasteiger partial charge is 0.253 e. The van der Waals surface area contributed by atoms with Gasteiger partial charge in [0.1, 0.15) is 0 Å². The van der Waals surface area contributed by atoms with Crippen molar-refractivity contribution in [3.8, 4) is 0 Å². The summed E-state index contributed by atoms with van der Waals surface area (Å²) in [4.78, 5) is 16.8. The van der Waals surface area contributed by atoms with E-state index in [1.165, 1.54) is 10.4 Å². The second-order valence-corrected chi connectivity index (χ2v) is 8.35. The normalized spacial score (nSPS) is 16.6. The van der Waals surface area contributed by atoms with Crippen LogP contribution in [0.1, 0.15) is 30.1 Å². The summed E-state index contributed by atoms with van der Waals surface area (Å²) in [5.74, 6) is -0.101. The standard InChI is InChI=1S/C17H27N3O3S/c1-4-5-9-19(3)24(22,23)16-8-6-7-15(14-16)17(21)20-12-10-18(2)11-13-20/h6-8,14H,4-5,9-13H2,1-3H3. The number of unbranched alkanes of at least 4 members (excludes halogenated alkanes) is 1. The molecule has 0 unspecified atom stereocenters. The van der Waals surface area contributed by atoms with Crippen molar-refractivity contribution in [3.63, 3.8) is 0 Å². The van der Waals surface area contributed by atoms with Crippen LogP contribution in [0.4, 0.5) is 0 Å². The molecule has 0 aromatic heterocycles. The highest BCUT2D eigenvalue weighted by atomic mass is 32.2. The van der Waals surface area contributed by atoms with E-state index in [1.807, 2.05) is 14.0 Å². The molecule has 1 aliphatic rings. The van der Waals surface area contributed by atoms with Gasteiger partial charge in [-0.05, 0) is 31.7 Å². The molecule has 1 aliphatic heterocycles. The SMILES string of the molecule is CCCCN(C)S(=O)(=O)c1cccc(C(=O)N2CCN(C)CC2)c1. The van der Waals surface area contributed by atoms with Crippen LogP contribution in [0, 0.1) is 0 Å². The van der Waals surface area contributed by atoms with Gasteiger partial charge >= 0.3 is 0 Å². The first-order valence-electron chi connectivity index (χ1n) is 8.40. The molecule has 0 spiro atoms. The van der Waals surface area contributed by atoms with E-state index in [-0.39, 0.29) is 10.8 Å². The summed E-state index contributed by atoms with van der Waals surface area (Å²) in [7, 11) is 0.0598. The first-order chi connectivity index (χ1) is 11.4. The average molecular weight is 353 g/mol. The van der Waals surface area contributed by atoms with E-state index in [4.69, 9.17) is 0 Å². The van der Waals surface area contributed by atoms with Gasteiger partial charge in [-0.25, -0.2) is 12.7 Å². The highest BCUT2D eigenvalue weighted by Gasteiger charge is 2.24. The third-order valence-electron chi connectivity index (χ3n) is 4.41. The van der Waals surface area contributed by atoms with Gasteiger partial charge < -0.3 is 9.80 Å². The summed E-state index contributed by atoms with van der Waals surface area (Å²) in [5.41, 5.74) is 0.435. The Labute approximate surface area is 145 Å². The van der Waals surface area contributed by atoms with E-state index in [2.05, 4.69) is 4.90 Å². The number of rotatable bonds is 6. The maximum Gasteiger partial charge on any atom is 0.253 e. The summed E-state index contributed by atoms with van der Waals surface area (Å²) < 4.78 is 26.6. The van der Waals surface area contributed by atoms with Crippen LogP contribution in [0.5, 0.6) is 0 Å². The van der Waals surface area contributed by atoms with Crippen molar-refractivity contribution in [2.24, 2.45) is 0 Å². The lowest BCUT2D eigenvalue weighted by molar-refractivity contribution is 0.0664. The van der Waals surface area contributed by atoms with E-state index in [1.54, 1.807) is 30.1 Å². The molecule has 134 valence electrons. The summed E-state index contributed by atoms with van der Waals surface area (Å²) in [5, 5.41) is 0. The van der Waals surface area contributed by atoms with Crippen molar-refractivity contribution in [3.05, 3.63) is 29.8 Å². The molecular weight excluding hydrogens is 326 g/mol. The van der Waals surface area contributed by atoms with Gasteiger partial charge in [0.15, 0.2) is 0 Å². The van der Waals surface area contributed by atoms with Gasteiger partial charge in [-0.3, -0.25) is 4.79 Å². The van der Waals surface area contributed by atoms with Crippen molar-refractivity contribution in [2.75, 3.05) is 46.8 Å². The van der Waals surface area contributed by atoms with Gasteiger partial charge in [0.25, 0.3) is 5.91 Å². The van der Waals surface area contributed by atoms with Crippen LogP contribution >= 0.6 is 0 Å². The Kier molecular flexibility index (Phi) is 6.37. The van der Waals surface area contributed by atoms with Crippen molar-refractivity contribution in [1.29, 1.82) is 0 Å². The Bertz CT molecular complexity index is 667. The third kappa shape index (κ3) is 4.34. The number of carbonyl (C=O) groups is 1. The average Bonchev–Trinajstić information content (AvgIpc) is 2.59. The Morgan fingerprint density at radius 1 is 1.21 bits per heavy atom. The molecule has 1 fully saturated rings. The second-order valence-electron chi connectivity index (χ2n) is 6.30. The maximum atomic E-state index is 12.6. The zero-order valence-corrected chi connectivity index (χ0v) is 15.6. The fraction of sp³-hybridized carbons (Fsp3) is 0.588. The molecule has 0 aliphatic carbocycles. The van der Waals surface area contributed by atoms with Crippen LogP contribution in [-0.4, -0.2) is 75.2 Å². The Hall–Kier alpha value is -1.44. The van der Waals surface area contributed by atoms with Crippen LogP contribution in [0.25, 0.3) is 0 Å². The monoisotopic (exact) mass is 353 g/mol. The first-order valence-corrected chi connectivity index (χ1v) is 9.84. The topological polar surface area (TPSA) is 60.9 Å². The summed E-state index contributed by atoms with van der Waals surface area (Å²) in [6.07, 6.45) is 1.75. The number of carbonyl (C=O) groups excluding carboxylic acids is 1. The minimum atomic E-state index is -3.55. The summed E-state index contributed by atoms with van der Waals surface area (Å²) in [6, 6.07) is 6.38. The molecule has 1 saturated heterocycles. The lowest BCUT2D eigenvalue weighted by Crippen LogP contribution is -2.47. The minimum Gasteiger partial charge on any atom is -0.336 e. The molecule has 24 heavy (non-hydrogen) atoms. The van der Waals surface area contributed by atoms with Crippen LogP contribution in [0.3, 0.4) is 0 Å². The molecule has 7 heteroatoms. The largest absolute Gasteiger partial charge is 0.336 e. The molecule has 1 amide bonds. The first kappa shape index (κ1) is 18.9. The number of hydrogen-bond acceptors (Lipinski definition) is 4. The molecule has 0 saturated carbocycles. The van der Waals surface area contributed by atoms with Crippen LogP contribution in [0.15, 0.2) is 29.2 Å². The molecule has 0 bridgehead atoms. The van der Waals surface area contributed by atoms with E-state index in [0.717, 1.165) is 25.9 Å². The van der Waals surface area contributed by atoms with Crippen molar-refractivity contribution in [1.82, 2.24) is 14.1 Å². The zero-order chi connectivity index (χ0) is 17.7. The van der Waals surface area contributed by atoms with Crippen LogP contribution in [0.2, 0.25) is 0 Å². The van der Waals surface area contributed by atoms with Gasteiger partial charge in [0, 0.05) is 45.3 Å². The Morgan fingerprint density at radius 2 is 1.88 bits per heavy atom. The third-order valence-corrected chi connectivity index (χ3v) is 6.26. The van der Waals surface area contributed by atoms with Gasteiger partial charge in [-0.15, -0.1) is 0 Å². The number of nitrogens with zero attached hydrogens (tertiary/aromatic N) is 3. The molecule has 0 atom stereocenters. The van der Waals surface area contributed by atoms with E-state index in [9.17, 15) is 13.2 Å². The number of likely N-dealkylation sites (N-methyl/N-ethyl adjacent to an activating group) is 1. The predicted molar refractivity (Wildman–Crippen MR) is 94.6 cm³/mol. The molecule has 1 heterocycles. The fourth-order valence-corrected chi connectivity index (χ4v) is 3.92. The second kappa shape index (κ2) is 8.09. The quantitative estimate of drug-likeness (QED) is 0.777. The molecule has 2 rings (SSSR count). The highest BCUT2D eigenvalue weighted by Crippen LogP contribution is 2.18. The molecule has 0 radical (unpaired) electrons. The highest BCUT2D eigenvalue weighted by molar-refractivity contribution is 7.89. The number of benzene rings is 1. The minimum absolute atomic E-state index is 0.101. The number of sulfonamides is 1.